The quantitative estimate of drug-likeness (QED) is 0.927. The van der Waals surface area contributed by atoms with Gasteiger partial charge in [-0.15, -0.1) is 0 Å². The molecule has 1 aromatic rings. The van der Waals surface area contributed by atoms with Crippen LogP contribution in [-0.4, -0.2) is 25.7 Å². The standard InChI is InChI=1S/C17H25NO3/c1-17(2,3)18-16(19)9-12-7-6-11-8-14(20-4)15(21-5)10-13(11)12/h8,10,12H,6-7,9H2,1-5H3,(H,18,19). The Morgan fingerprint density at radius 2 is 1.86 bits per heavy atom. The van der Waals surface area contributed by atoms with Gasteiger partial charge in [-0.1, -0.05) is 0 Å². The van der Waals surface area contributed by atoms with E-state index >= 15 is 0 Å². The monoisotopic (exact) mass is 291 g/mol. The average molecular weight is 291 g/mol. The van der Waals surface area contributed by atoms with E-state index < -0.39 is 0 Å². The number of aryl methyl sites for hydroxylation is 1. The normalized spacial score (nSPS) is 17.3. The van der Waals surface area contributed by atoms with E-state index in [-0.39, 0.29) is 17.4 Å². The Morgan fingerprint density at radius 1 is 1.24 bits per heavy atom. The lowest BCUT2D eigenvalue weighted by atomic mass is 9.96. The number of carbonyl (C=O) groups is 1. The second-order valence-corrected chi connectivity index (χ2v) is 6.64. The SMILES string of the molecule is COc1cc2c(cc1OC)C(CC(=O)NC(C)(C)C)CC2. The number of ether oxygens (including phenoxy) is 2. The highest BCUT2D eigenvalue weighted by Gasteiger charge is 2.27. The molecule has 0 spiro atoms. The largest absolute Gasteiger partial charge is 0.493 e. The van der Waals surface area contributed by atoms with E-state index in [9.17, 15) is 4.79 Å². The van der Waals surface area contributed by atoms with Gasteiger partial charge in [-0.2, -0.15) is 0 Å². The second kappa shape index (κ2) is 5.96. The molecule has 1 unspecified atom stereocenters. The second-order valence-electron chi connectivity index (χ2n) is 6.64. The molecule has 4 nitrogen and oxygen atoms in total. The zero-order valence-electron chi connectivity index (χ0n) is 13.6. The summed E-state index contributed by atoms with van der Waals surface area (Å²) in [6.45, 7) is 6.00. The maximum atomic E-state index is 12.1. The summed E-state index contributed by atoms with van der Waals surface area (Å²) in [5, 5.41) is 3.03. The van der Waals surface area contributed by atoms with Crippen molar-refractivity contribution >= 4 is 5.91 Å². The van der Waals surface area contributed by atoms with E-state index in [1.165, 1.54) is 11.1 Å². The molecule has 0 radical (unpaired) electrons. The van der Waals surface area contributed by atoms with E-state index in [1.807, 2.05) is 32.9 Å². The number of benzene rings is 1. The third kappa shape index (κ3) is 3.69. The minimum Gasteiger partial charge on any atom is -0.493 e. The fourth-order valence-corrected chi connectivity index (χ4v) is 2.92. The Bertz CT molecular complexity index is 532. The van der Waals surface area contributed by atoms with Gasteiger partial charge < -0.3 is 14.8 Å². The molecule has 21 heavy (non-hydrogen) atoms. The molecule has 1 aromatic carbocycles. The third-order valence-corrected chi connectivity index (χ3v) is 3.79. The predicted molar refractivity (Wildman–Crippen MR) is 83.1 cm³/mol. The van der Waals surface area contributed by atoms with E-state index in [2.05, 4.69) is 5.32 Å². The first-order valence-electron chi connectivity index (χ1n) is 7.40. The molecule has 116 valence electrons. The summed E-state index contributed by atoms with van der Waals surface area (Å²) in [5.41, 5.74) is 2.30. The molecule has 0 bridgehead atoms. The Kier molecular flexibility index (Phi) is 4.45. The first kappa shape index (κ1) is 15.7. The molecule has 0 saturated heterocycles. The van der Waals surface area contributed by atoms with Gasteiger partial charge in [-0.3, -0.25) is 4.79 Å². The molecule has 0 fully saturated rings. The third-order valence-electron chi connectivity index (χ3n) is 3.79. The van der Waals surface area contributed by atoms with Gasteiger partial charge in [-0.25, -0.2) is 0 Å². The molecule has 1 aliphatic carbocycles. The molecule has 1 atom stereocenters. The van der Waals surface area contributed by atoms with Crippen LogP contribution in [0.15, 0.2) is 12.1 Å². The molecule has 2 rings (SSSR count). The van der Waals surface area contributed by atoms with Gasteiger partial charge in [0.25, 0.3) is 0 Å². The fourth-order valence-electron chi connectivity index (χ4n) is 2.92. The van der Waals surface area contributed by atoms with Crippen LogP contribution >= 0.6 is 0 Å². The van der Waals surface area contributed by atoms with Crippen molar-refractivity contribution in [3.63, 3.8) is 0 Å². The molecular weight excluding hydrogens is 266 g/mol. The Labute approximate surface area is 126 Å². The summed E-state index contributed by atoms with van der Waals surface area (Å²) >= 11 is 0. The van der Waals surface area contributed by atoms with Gasteiger partial charge >= 0.3 is 0 Å². The van der Waals surface area contributed by atoms with Crippen molar-refractivity contribution in [2.45, 2.75) is 51.5 Å². The van der Waals surface area contributed by atoms with Crippen LogP contribution in [0.4, 0.5) is 0 Å². The number of methoxy groups -OCH3 is 2. The highest BCUT2D eigenvalue weighted by molar-refractivity contribution is 5.78. The number of amides is 1. The molecule has 1 amide bonds. The minimum atomic E-state index is -0.184. The molecular formula is C17H25NO3. The van der Waals surface area contributed by atoms with Crippen molar-refractivity contribution in [2.24, 2.45) is 0 Å². The van der Waals surface area contributed by atoms with E-state index in [0.717, 1.165) is 24.3 Å². The molecule has 0 aliphatic heterocycles. The number of hydrogen-bond acceptors (Lipinski definition) is 3. The zero-order valence-corrected chi connectivity index (χ0v) is 13.6. The lowest BCUT2D eigenvalue weighted by Crippen LogP contribution is -2.41. The summed E-state index contributed by atoms with van der Waals surface area (Å²) in [4.78, 5) is 12.1. The molecule has 0 saturated carbocycles. The summed E-state index contributed by atoms with van der Waals surface area (Å²) in [6, 6.07) is 4.06. The first-order chi connectivity index (χ1) is 9.84. The van der Waals surface area contributed by atoms with Crippen molar-refractivity contribution in [3.05, 3.63) is 23.3 Å². The maximum Gasteiger partial charge on any atom is 0.221 e. The summed E-state index contributed by atoms with van der Waals surface area (Å²) in [7, 11) is 3.29. The summed E-state index contributed by atoms with van der Waals surface area (Å²) in [6.07, 6.45) is 2.52. The number of rotatable bonds is 4. The minimum absolute atomic E-state index is 0.107. The van der Waals surface area contributed by atoms with Gasteiger partial charge in [-0.05, 0) is 62.8 Å². The molecule has 1 aliphatic rings. The van der Waals surface area contributed by atoms with Gasteiger partial charge in [0.05, 0.1) is 14.2 Å². The number of hydrogen-bond donors (Lipinski definition) is 1. The Balaban J connectivity index is 2.16. The molecule has 1 N–H and O–H groups in total. The van der Waals surface area contributed by atoms with Crippen molar-refractivity contribution < 1.29 is 14.3 Å². The highest BCUT2D eigenvalue weighted by atomic mass is 16.5. The van der Waals surface area contributed by atoms with Crippen LogP contribution in [-0.2, 0) is 11.2 Å². The average Bonchev–Trinajstić information content (AvgIpc) is 2.77. The van der Waals surface area contributed by atoms with Crippen molar-refractivity contribution in [1.29, 1.82) is 0 Å². The predicted octanol–water partition coefficient (Wildman–Crippen LogP) is 3.04. The summed E-state index contributed by atoms with van der Waals surface area (Å²) < 4.78 is 10.7. The molecule has 4 heteroatoms. The maximum absolute atomic E-state index is 12.1. The number of nitrogens with one attached hydrogen (secondary N) is 1. The lowest BCUT2D eigenvalue weighted by Gasteiger charge is -2.22. The molecule has 0 heterocycles. The number of carbonyl (C=O) groups excluding carboxylic acids is 1. The highest BCUT2D eigenvalue weighted by Crippen LogP contribution is 2.41. The van der Waals surface area contributed by atoms with Crippen LogP contribution in [0.1, 0.15) is 50.7 Å². The van der Waals surface area contributed by atoms with E-state index in [4.69, 9.17) is 9.47 Å². The van der Waals surface area contributed by atoms with Crippen LogP contribution in [0.2, 0.25) is 0 Å². The van der Waals surface area contributed by atoms with E-state index in [0.29, 0.717) is 6.42 Å². The van der Waals surface area contributed by atoms with Gasteiger partial charge in [0.2, 0.25) is 5.91 Å². The Hall–Kier alpha value is -1.71. The number of fused-ring (bicyclic) bond motifs is 1. The zero-order chi connectivity index (χ0) is 15.6. The van der Waals surface area contributed by atoms with Crippen molar-refractivity contribution in [1.82, 2.24) is 5.32 Å². The topological polar surface area (TPSA) is 47.6 Å². The smallest absolute Gasteiger partial charge is 0.221 e. The Morgan fingerprint density at radius 3 is 2.43 bits per heavy atom. The van der Waals surface area contributed by atoms with Gasteiger partial charge in [0.1, 0.15) is 0 Å². The van der Waals surface area contributed by atoms with Crippen LogP contribution in [0.25, 0.3) is 0 Å². The van der Waals surface area contributed by atoms with Gasteiger partial charge in [0.15, 0.2) is 11.5 Å². The van der Waals surface area contributed by atoms with Crippen LogP contribution in [0.3, 0.4) is 0 Å². The summed E-state index contributed by atoms with van der Waals surface area (Å²) in [5.74, 6) is 1.87. The van der Waals surface area contributed by atoms with Crippen LogP contribution in [0.5, 0.6) is 11.5 Å². The van der Waals surface area contributed by atoms with E-state index in [1.54, 1.807) is 14.2 Å². The lowest BCUT2D eigenvalue weighted by molar-refractivity contribution is -0.122. The van der Waals surface area contributed by atoms with Crippen LogP contribution < -0.4 is 14.8 Å². The van der Waals surface area contributed by atoms with Crippen molar-refractivity contribution in [3.8, 4) is 11.5 Å². The molecule has 0 aromatic heterocycles. The van der Waals surface area contributed by atoms with Crippen LogP contribution in [0, 0.1) is 0 Å². The first-order valence-corrected chi connectivity index (χ1v) is 7.40. The van der Waals surface area contributed by atoms with Crippen molar-refractivity contribution in [2.75, 3.05) is 14.2 Å². The fraction of sp³-hybridized carbons (Fsp3) is 0.588. The van der Waals surface area contributed by atoms with Gasteiger partial charge in [0, 0.05) is 12.0 Å².